The van der Waals surface area contributed by atoms with Crippen LogP contribution in [-0.4, -0.2) is 22.5 Å². The molecule has 20 heavy (non-hydrogen) atoms. The van der Waals surface area contributed by atoms with Crippen LogP contribution < -0.4 is 20.5 Å². The minimum atomic E-state index is -0.272. The van der Waals surface area contributed by atoms with Gasteiger partial charge in [0.05, 0.1) is 17.8 Å². The predicted molar refractivity (Wildman–Crippen MR) is 71.4 cm³/mol. The highest BCUT2D eigenvalue weighted by Crippen LogP contribution is 2.35. The maximum Gasteiger partial charge on any atom is 0.253 e. The molecule has 0 saturated heterocycles. The molecule has 1 aliphatic rings. The Kier molecular flexibility index (Phi) is 2.94. The van der Waals surface area contributed by atoms with Gasteiger partial charge in [0.1, 0.15) is 0 Å². The molecule has 0 radical (unpaired) electrons. The molecule has 0 fully saturated rings. The smallest absolute Gasteiger partial charge is 0.253 e. The van der Waals surface area contributed by atoms with Gasteiger partial charge >= 0.3 is 0 Å². The second-order valence-electron chi connectivity index (χ2n) is 4.46. The monoisotopic (exact) mass is 274 g/mol. The maximum absolute atomic E-state index is 12.1. The lowest BCUT2D eigenvalue weighted by Crippen LogP contribution is -2.24. The number of nitrogens with zero attached hydrogens (tertiary/aromatic N) is 2. The average Bonchev–Trinajstić information content (AvgIpc) is 3.03. The van der Waals surface area contributed by atoms with E-state index in [1.807, 2.05) is 19.3 Å². The highest BCUT2D eigenvalue weighted by atomic mass is 16.7. The molecule has 0 atom stereocenters. The zero-order valence-corrected chi connectivity index (χ0v) is 10.9. The molecule has 1 aliphatic heterocycles. The lowest BCUT2D eigenvalue weighted by atomic mass is 10.1. The van der Waals surface area contributed by atoms with Crippen molar-refractivity contribution in [1.29, 1.82) is 0 Å². The first-order valence-electron chi connectivity index (χ1n) is 6.09. The van der Waals surface area contributed by atoms with Gasteiger partial charge < -0.3 is 20.5 Å². The number of hydrogen-bond donors (Lipinski definition) is 2. The fourth-order valence-electron chi connectivity index (χ4n) is 1.98. The number of carbonyl (C=O) groups is 1. The highest BCUT2D eigenvalue weighted by Gasteiger charge is 2.19. The molecular weight excluding hydrogens is 260 g/mol. The van der Waals surface area contributed by atoms with E-state index in [1.165, 1.54) is 0 Å². The number of aryl methyl sites for hydroxylation is 1. The fourth-order valence-corrected chi connectivity index (χ4v) is 1.98. The van der Waals surface area contributed by atoms with E-state index in [0.29, 0.717) is 29.3 Å². The van der Waals surface area contributed by atoms with E-state index in [0.717, 1.165) is 5.69 Å². The van der Waals surface area contributed by atoms with Crippen molar-refractivity contribution in [2.75, 3.05) is 12.5 Å². The summed E-state index contributed by atoms with van der Waals surface area (Å²) in [5, 5.41) is 6.95. The van der Waals surface area contributed by atoms with Crippen LogP contribution >= 0.6 is 0 Å². The predicted octanol–water partition coefficient (Wildman–Crippen LogP) is 0.661. The van der Waals surface area contributed by atoms with Crippen molar-refractivity contribution in [3.8, 4) is 11.5 Å². The quantitative estimate of drug-likeness (QED) is 0.802. The first-order chi connectivity index (χ1) is 9.63. The van der Waals surface area contributed by atoms with Gasteiger partial charge in [-0.25, -0.2) is 0 Å². The maximum atomic E-state index is 12.1. The normalized spacial score (nSPS) is 12.4. The van der Waals surface area contributed by atoms with E-state index in [9.17, 15) is 4.79 Å². The van der Waals surface area contributed by atoms with Crippen molar-refractivity contribution in [2.24, 2.45) is 7.05 Å². The van der Waals surface area contributed by atoms with Crippen LogP contribution in [0.5, 0.6) is 11.5 Å². The van der Waals surface area contributed by atoms with Gasteiger partial charge in [0.25, 0.3) is 5.91 Å². The van der Waals surface area contributed by atoms with E-state index in [2.05, 4.69) is 10.4 Å². The summed E-state index contributed by atoms with van der Waals surface area (Å²) in [6, 6.07) is 5.02. The summed E-state index contributed by atoms with van der Waals surface area (Å²) in [5.74, 6) is 0.817. The Morgan fingerprint density at radius 3 is 2.90 bits per heavy atom. The topological polar surface area (TPSA) is 91.4 Å². The minimum Gasteiger partial charge on any atom is -0.454 e. The van der Waals surface area contributed by atoms with Crippen LogP contribution in [0.15, 0.2) is 24.4 Å². The van der Waals surface area contributed by atoms with Crippen LogP contribution in [0.25, 0.3) is 0 Å². The van der Waals surface area contributed by atoms with E-state index in [1.54, 1.807) is 16.8 Å². The third-order valence-electron chi connectivity index (χ3n) is 2.99. The molecule has 0 spiro atoms. The number of fused-ring (bicyclic) bond motifs is 1. The van der Waals surface area contributed by atoms with E-state index in [-0.39, 0.29) is 12.7 Å². The van der Waals surface area contributed by atoms with Crippen LogP contribution in [0.3, 0.4) is 0 Å². The summed E-state index contributed by atoms with van der Waals surface area (Å²) in [6.07, 6.45) is 1.82. The second-order valence-corrected chi connectivity index (χ2v) is 4.46. The number of anilines is 1. The summed E-state index contributed by atoms with van der Waals surface area (Å²) in [7, 11) is 1.82. The molecule has 0 unspecified atom stereocenters. The number of rotatable bonds is 3. The Hall–Kier alpha value is -2.70. The zero-order chi connectivity index (χ0) is 14.1. The average molecular weight is 274 g/mol. The highest BCUT2D eigenvalue weighted by molar-refractivity contribution is 6.00. The molecule has 1 aromatic heterocycles. The number of ether oxygens (including phenoxy) is 2. The van der Waals surface area contributed by atoms with Crippen LogP contribution in [-0.2, 0) is 13.6 Å². The van der Waals surface area contributed by atoms with E-state index < -0.39 is 0 Å². The molecule has 7 heteroatoms. The number of hydrogen-bond acceptors (Lipinski definition) is 5. The molecular formula is C13H14N4O3. The van der Waals surface area contributed by atoms with Crippen LogP contribution in [0, 0.1) is 0 Å². The van der Waals surface area contributed by atoms with Gasteiger partial charge in [-0.2, -0.15) is 5.10 Å². The number of carbonyl (C=O) groups excluding carboxylic acids is 1. The van der Waals surface area contributed by atoms with Gasteiger partial charge in [0.2, 0.25) is 6.79 Å². The molecule has 7 nitrogen and oxygen atoms in total. The first-order valence-corrected chi connectivity index (χ1v) is 6.09. The number of nitrogens with one attached hydrogen (secondary N) is 1. The molecule has 104 valence electrons. The van der Waals surface area contributed by atoms with Gasteiger partial charge in [-0.05, 0) is 12.1 Å². The Balaban J connectivity index is 1.74. The standard InChI is InChI=1S/C13H14N4O3/c1-17-3-2-8(16-17)6-15-13(18)9-4-11-12(5-10(9)14)20-7-19-11/h2-5H,6-7,14H2,1H3,(H,15,18). The van der Waals surface area contributed by atoms with Crippen molar-refractivity contribution in [3.63, 3.8) is 0 Å². The number of amides is 1. The van der Waals surface area contributed by atoms with Crippen molar-refractivity contribution >= 4 is 11.6 Å². The molecule has 2 aromatic rings. The molecule has 3 N–H and O–H groups in total. The molecule has 0 aliphatic carbocycles. The third-order valence-corrected chi connectivity index (χ3v) is 2.99. The summed E-state index contributed by atoms with van der Waals surface area (Å²) in [5.41, 5.74) is 7.35. The fraction of sp³-hybridized carbons (Fsp3) is 0.231. The van der Waals surface area contributed by atoms with Crippen molar-refractivity contribution < 1.29 is 14.3 Å². The minimum absolute atomic E-state index is 0.147. The molecule has 0 bridgehead atoms. The van der Waals surface area contributed by atoms with Crippen molar-refractivity contribution in [3.05, 3.63) is 35.7 Å². The SMILES string of the molecule is Cn1ccc(CNC(=O)c2cc3c(cc2N)OCO3)n1. The van der Waals surface area contributed by atoms with Crippen LogP contribution in [0.1, 0.15) is 16.1 Å². The first kappa shape index (κ1) is 12.3. The number of nitrogen functional groups attached to an aromatic ring is 1. The van der Waals surface area contributed by atoms with Gasteiger partial charge in [-0.3, -0.25) is 9.48 Å². The molecule has 0 saturated carbocycles. The van der Waals surface area contributed by atoms with Gasteiger partial charge in [-0.15, -0.1) is 0 Å². The van der Waals surface area contributed by atoms with Gasteiger partial charge in [0, 0.05) is 25.0 Å². The Bertz CT molecular complexity index is 666. The van der Waals surface area contributed by atoms with Crippen LogP contribution in [0.4, 0.5) is 5.69 Å². The number of benzene rings is 1. The van der Waals surface area contributed by atoms with E-state index >= 15 is 0 Å². The van der Waals surface area contributed by atoms with Crippen LogP contribution in [0.2, 0.25) is 0 Å². The van der Waals surface area contributed by atoms with Gasteiger partial charge in [-0.1, -0.05) is 0 Å². The van der Waals surface area contributed by atoms with Crippen molar-refractivity contribution in [2.45, 2.75) is 6.54 Å². The summed E-state index contributed by atoms with van der Waals surface area (Å²) >= 11 is 0. The Morgan fingerprint density at radius 2 is 2.20 bits per heavy atom. The lowest BCUT2D eigenvalue weighted by Gasteiger charge is -2.07. The molecule has 3 rings (SSSR count). The summed E-state index contributed by atoms with van der Waals surface area (Å²) in [6.45, 7) is 0.487. The summed E-state index contributed by atoms with van der Waals surface area (Å²) < 4.78 is 12.1. The molecule has 1 aromatic carbocycles. The molecule has 2 heterocycles. The molecule has 1 amide bonds. The summed E-state index contributed by atoms with van der Waals surface area (Å²) in [4.78, 5) is 12.1. The Morgan fingerprint density at radius 1 is 1.45 bits per heavy atom. The zero-order valence-electron chi connectivity index (χ0n) is 10.9. The van der Waals surface area contributed by atoms with Gasteiger partial charge in [0.15, 0.2) is 11.5 Å². The number of nitrogens with two attached hydrogens (primary N) is 1. The third kappa shape index (κ3) is 2.25. The number of aromatic nitrogens is 2. The Labute approximate surface area is 115 Å². The lowest BCUT2D eigenvalue weighted by molar-refractivity contribution is 0.0950. The largest absolute Gasteiger partial charge is 0.454 e. The second kappa shape index (κ2) is 4.76. The van der Waals surface area contributed by atoms with Crippen molar-refractivity contribution in [1.82, 2.24) is 15.1 Å². The van der Waals surface area contributed by atoms with E-state index in [4.69, 9.17) is 15.2 Å².